The Bertz CT molecular complexity index is 1100. The van der Waals surface area contributed by atoms with Gasteiger partial charge >= 0.3 is 12.3 Å². The van der Waals surface area contributed by atoms with E-state index in [0.717, 1.165) is 0 Å². The summed E-state index contributed by atoms with van der Waals surface area (Å²) in [6, 6.07) is 10.1. The summed E-state index contributed by atoms with van der Waals surface area (Å²) in [5.41, 5.74) is 1.71. The number of benzene rings is 2. The third kappa shape index (κ3) is 6.27. The van der Waals surface area contributed by atoms with Crippen LogP contribution >= 0.6 is 0 Å². The summed E-state index contributed by atoms with van der Waals surface area (Å²) in [4.78, 5) is 31.8. The second-order valence-corrected chi connectivity index (χ2v) is 6.58. The molecule has 9 nitrogen and oxygen atoms in total. The number of likely N-dealkylation sites (N-methyl/N-ethyl adjacent to an activating group) is 1. The Morgan fingerprint density at radius 3 is 2.47 bits per heavy atom. The molecule has 0 fully saturated rings. The summed E-state index contributed by atoms with van der Waals surface area (Å²) in [7, 11) is 2.69. The van der Waals surface area contributed by atoms with Crippen molar-refractivity contribution in [2.75, 3.05) is 32.6 Å². The van der Waals surface area contributed by atoms with E-state index < -0.39 is 18.2 Å². The summed E-state index contributed by atoms with van der Waals surface area (Å²) < 4.78 is 50.5. The van der Waals surface area contributed by atoms with Crippen LogP contribution in [0, 0.1) is 0 Å². The summed E-state index contributed by atoms with van der Waals surface area (Å²) in [6.07, 6.45) is -4.76. The SMILES string of the molecule is COC(=O)CN(C)C(=O)COc1ccc2nc(Nc3ccc(OC(F)(F)F)cc3)[nH]c2c1. The molecule has 170 valence electrons. The van der Waals surface area contributed by atoms with E-state index in [4.69, 9.17) is 4.74 Å². The van der Waals surface area contributed by atoms with Crippen LogP contribution in [-0.2, 0) is 14.3 Å². The third-order valence-electron chi connectivity index (χ3n) is 4.19. The number of hydrogen-bond acceptors (Lipinski definition) is 7. The highest BCUT2D eigenvalue weighted by Gasteiger charge is 2.30. The summed E-state index contributed by atoms with van der Waals surface area (Å²) >= 11 is 0. The van der Waals surface area contributed by atoms with Gasteiger partial charge in [0.1, 0.15) is 18.0 Å². The van der Waals surface area contributed by atoms with Crippen molar-refractivity contribution in [2.24, 2.45) is 0 Å². The van der Waals surface area contributed by atoms with Gasteiger partial charge in [0, 0.05) is 18.8 Å². The zero-order valence-corrected chi connectivity index (χ0v) is 17.0. The number of amides is 1. The average Bonchev–Trinajstić information content (AvgIpc) is 3.13. The molecule has 12 heteroatoms. The second-order valence-electron chi connectivity index (χ2n) is 6.58. The lowest BCUT2D eigenvalue weighted by molar-refractivity contribution is -0.274. The molecule has 1 amide bonds. The van der Waals surface area contributed by atoms with Crippen molar-refractivity contribution in [3.05, 3.63) is 42.5 Å². The molecule has 0 saturated heterocycles. The maximum Gasteiger partial charge on any atom is 0.573 e. The van der Waals surface area contributed by atoms with Gasteiger partial charge in [0.15, 0.2) is 6.61 Å². The van der Waals surface area contributed by atoms with Crippen molar-refractivity contribution in [3.63, 3.8) is 0 Å². The number of H-pyrrole nitrogens is 1. The van der Waals surface area contributed by atoms with Crippen LogP contribution in [0.3, 0.4) is 0 Å². The number of aromatic amines is 1. The summed E-state index contributed by atoms with van der Waals surface area (Å²) in [5.74, 6) is -0.513. The van der Waals surface area contributed by atoms with Gasteiger partial charge in [-0.25, -0.2) is 4.98 Å². The largest absolute Gasteiger partial charge is 0.573 e. The van der Waals surface area contributed by atoms with Crippen LogP contribution in [0.15, 0.2) is 42.5 Å². The predicted octanol–water partition coefficient (Wildman–Crippen LogP) is 3.22. The number of imidazole rings is 1. The highest BCUT2D eigenvalue weighted by molar-refractivity contribution is 5.83. The Morgan fingerprint density at radius 2 is 1.81 bits per heavy atom. The topological polar surface area (TPSA) is 106 Å². The van der Waals surface area contributed by atoms with Gasteiger partial charge in [0.05, 0.1) is 18.1 Å². The van der Waals surface area contributed by atoms with Gasteiger partial charge in [0.2, 0.25) is 5.95 Å². The molecule has 2 N–H and O–H groups in total. The predicted molar refractivity (Wildman–Crippen MR) is 108 cm³/mol. The zero-order valence-electron chi connectivity index (χ0n) is 17.0. The first-order valence-electron chi connectivity index (χ1n) is 9.19. The molecule has 0 spiro atoms. The van der Waals surface area contributed by atoms with Crippen molar-refractivity contribution in [1.82, 2.24) is 14.9 Å². The molecule has 1 heterocycles. The number of anilines is 2. The molecule has 2 aromatic carbocycles. The van der Waals surface area contributed by atoms with Crippen molar-refractivity contribution in [3.8, 4) is 11.5 Å². The number of nitrogens with one attached hydrogen (secondary N) is 2. The second kappa shape index (κ2) is 9.45. The molecule has 0 aliphatic rings. The zero-order chi connectivity index (χ0) is 23.3. The van der Waals surface area contributed by atoms with Gasteiger partial charge in [-0.15, -0.1) is 13.2 Å². The number of ether oxygens (including phenoxy) is 3. The number of nitrogens with zero attached hydrogens (tertiary/aromatic N) is 2. The van der Waals surface area contributed by atoms with Gasteiger partial charge in [0.25, 0.3) is 5.91 Å². The fraction of sp³-hybridized carbons (Fsp3) is 0.250. The monoisotopic (exact) mass is 452 g/mol. The Morgan fingerprint density at radius 1 is 1.12 bits per heavy atom. The molecule has 0 aliphatic heterocycles. The van der Waals surface area contributed by atoms with Crippen molar-refractivity contribution in [2.45, 2.75) is 6.36 Å². The summed E-state index contributed by atoms with van der Waals surface area (Å²) in [6.45, 7) is -0.457. The van der Waals surface area contributed by atoms with Crippen molar-refractivity contribution < 1.29 is 37.0 Å². The van der Waals surface area contributed by atoms with Crippen LogP contribution in [0.4, 0.5) is 24.8 Å². The number of esters is 1. The first kappa shape index (κ1) is 22.7. The number of hydrogen-bond donors (Lipinski definition) is 2. The van der Waals surface area contributed by atoms with Gasteiger partial charge in [-0.1, -0.05) is 0 Å². The van der Waals surface area contributed by atoms with Crippen LogP contribution < -0.4 is 14.8 Å². The van der Waals surface area contributed by atoms with E-state index in [1.165, 1.54) is 43.3 Å². The lowest BCUT2D eigenvalue weighted by Gasteiger charge is -2.15. The Labute approximate surface area is 180 Å². The summed E-state index contributed by atoms with van der Waals surface area (Å²) in [5, 5.41) is 2.94. The molecule has 1 aromatic heterocycles. The first-order chi connectivity index (χ1) is 15.1. The Kier molecular flexibility index (Phi) is 6.71. The van der Waals surface area contributed by atoms with Crippen LogP contribution in [0.25, 0.3) is 11.0 Å². The van der Waals surface area contributed by atoms with Crippen molar-refractivity contribution >= 4 is 34.5 Å². The number of fused-ring (bicyclic) bond motifs is 1. The fourth-order valence-corrected chi connectivity index (χ4v) is 2.62. The Balaban J connectivity index is 1.61. The first-order valence-corrected chi connectivity index (χ1v) is 9.19. The van der Waals surface area contributed by atoms with E-state index in [-0.39, 0.29) is 18.9 Å². The number of carbonyl (C=O) groups excluding carboxylic acids is 2. The standard InChI is InChI=1S/C20H19F3N4O5/c1-27(10-18(29)30-2)17(28)11-31-14-7-8-15-16(9-14)26-19(25-15)24-12-3-5-13(6-4-12)32-20(21,22)23/h3-9H,10-11H2,1-2H3,(H2,24,25,26). The van der Waals surface area contributed by atoms with Gasteiger partial charge in [-0.05, 0) is 36.4 Å². The number of halogens is 3. The number of alkyl halides is 3. The van der Waals surface area contributed by atoms with E-state index in [9.17, 15) is 22.8 Å². The highest BCUT2D eigenvalue weighted by Crippen LogP contribution is 2.26. The van der Waals surface area contributed by atoms with E-state index in [0.29, 0.717) is 28.4 Å². The normalized spacial score (nSPS) is 11.2. The van der Waals surface area contributed by atoms with E-state index >= 15 is 0 Å². The van der Waals surface area contributed by atoms with Gasteiger partial charge in [-0.3, -0.25) is 9.59 Å². The van der Waals surface area contributed by atoms with Crippen LogP contribution in [0.1, 0.15) is 0 Å². The molecular formula is C20H19F3N4O5. The minimum absolute atomic E-state index is 0.184. The molecule has 32 heavy (non-hydrogen) atoms. The van der Waals surface area contributed by atoms with Crippen molar-refractivity contribution in [1.29, 1.82) is 0 Å². The smallest absolute Gasteiger partial charge is 0.484 e. The van der Waals surface area contributed by atoms with E-state index in [1.54, 1.807) is 18.2 Å². The van der Waals surface area contributed by atoms with Gasteiger partial charge in [-0.2, -0.15) is 0 Å². The molecule has 0 radical (unpaired) electrons. The van der Waals surface area contributed by atoms with E-state index in [2.05, 4.69) is 24.8 Å². The minimum atomic E-state index is -4.76. The Hall–Kier alpha value is -3.96. The molecule has 3 aromatic rings. The van der Waals surface area contributed by atoms with Crippen LogP contribution in [0.2, 0.25) is 0 Å². The number of carbonyl (C=O) groups is 2. The molecule has 3 rings (SSSR count). The maximum absolute atomic E-state index is 12.2. The molecule has 0 unspecified atom stereocenters. The number of rotatable bonds is 8. The molecule has 0 atom stereocenters. The average molecular weight is 452 g/mol. The maximum atomic E-state index is 12.2. The lowest BCUT2D eigenvalue weighted by Crippen LogP contribution is -2.35. The molecule has 0 aliphatic carbocycles. The fourth-order valence-electron chi connectivity index (χ4n) is 2.62. The van der Waals surface area contributed by atoms with Crippen LogP contribution in [0.5, 0.6) is 11.5 Å². The molecule has 0 bridgehead atoms. The number of methoxy groups -OCH3 is 1. The van der Waals surface area contributed by atoms with E-state index in [1.807, 2.05) is 0 Å². The van der Waals surface area contributed by atoms with Crippen LogP contribution in [-0.4, -0.2) is 60.4 Å². The highest BCUT2D eigenvalue weighted by atomic mass is 19.4. The molecular weight excluding hydrogens is 433 g/mol. The molecule has 0 saturated carbocycles. The lowest BCUT2D eigenvalue weighted by atomic mass is 10.3. The van der Waals surface area contributed by atoms with Gasteiger partial charge < -0.3 is 29.4 Å². The third-order valence-corrected chi connectivity index (χ3v) is 4.19. The minimum Gasteiger partial charge on any atom is -0.484 e. The number of aromatic nitrogens is 2. The quantitative estimate of drug-likeness (QED) is 0.506.